The van der Waals surface area contributed by atoms with Crippen LogP contribution >= 0.6 is 0 Å². The molecule has 5 nitrogen and oxygen atoms in total. The molecule has 0 bridgehead atoms. The van der Waals surface area contributed by atoms with Crippen LogP contribution in [0.25, 0.3) is 0 Å². The maximum atomic E-state index is 11.5. The number of furan rings is 1. The molecule has 0 saturated heterocycles. The highest BCUT2D eigenvalue weighted by molar-refractivity contribution is 5.94. The van der Waals surface area contributed by atoms with Gasteiger partial charge in [-0.25, -0.2) is 9.78 Å². The number of hydrogen-bond acceptors (Lipinski definition) is 5. The van der Waals surface area contributed by atoms with Gasteiger partial charge in [-0.05, 0) is 24.3 Å². The van der Waals surface area contributed by atoms with Crippen LogP contribution in [0.2, 0.25) is 0 Å². The predicted molar refractivity (Wildman–Crippen MR) is 66.5 cm³/mol. The lowest BCUT2D eigenvalue weighted by Crippen LogP contribution is -2.11. The van der Waals surface area contributed by atoms with Crippen LogP contribution in [0.5, 0.6) is 0 Å². The zero-order valence-electron chi connectivity index (χ0n) is 10.1. The number of ether oxygens (including phenoxy) is 1. The molecular weight excluding hydrogens is 232 g/mol. The SMILES string of the molecule is COC(=O)c1cccnc1NCCc1ccco1. The molecule has 2 heterocycles. The Labute approximate surface area is 105 Å². The van der Waals surface area contributed by atoms with Gasteiger partial charge >= 0.3 is 5.97 Å². The van der Waals surface area contributed by atoms with E-state index in [0.29, 0.717) is 17.9 Å². The van der Waals surface area contributed by atoms with Crippen LogP contribution in [0.4, 0.5) is 5.82 Å². The van der Waals surface area contributed by atoms with Crippen molar-refractivity contribution < 1.29 is 13.9 Å². The Hall–Kier alpha value is -2.30. The third-order valence-electron chi connectivity index (χ3n) is 2.46. The molecule has 1 N–H and O–H groups in total. The molecule has 0 aromatic carbocycles. The van der Waals surface area contributed by atoms with Gasteiger partial charge in [0.2, 0.25) is 0 Å². The Morgan fingerprint density at radius 2 is 2.33 bits per heavy atom. The molecule has 0 aliphatic rings. The summed E-state index contributed by atoms with van der Waals surface area (Å²) in [7, 11) is 1.35. The number of nitrogens with one attached hydrogen (secondary N) is 1. The molecule has 5 heteroatoms. The first-order chi connectivity index (χ1) is 8.81. The highest BCUT2D eigenvalue weighted by atomic mass is 16.5. The largest absolute Gasteiger partial charge is 0.469 e. The number of carbonyl (C=O) groups excluding carboxylic acids is 1. The number of pyridine rings is 1. The quantitative estimate of drug-likeness (QED) is 0.818. The first-order valence-electron chi connectivity index (χ1n) is 5.61. The normalized spacial score (nSPS) is 10.1. The van der Waals surface area contributed by atoms with Crippen molar-refractivity contribution in [3.05, 3.63) is 48.0 Å². The van der Waals surface area contributed by atoms with Gasteiger partial charge in [0.15, 0.2) is 0 Å². The van der Waals surface area contributed by atoms with Crippen molar-refractivity contribution in [3.63, 3.8) is 0 Å². The Balaban J connectivity index is 1.98. The van der Waals surface area contributed by atoms with Crippen molar-refractivity contribution in [2.24, 2.45) is 0 Å². The number of esters is 1. The van der Waals surface area contributed by atoms with E-state index in [9.17, 15) is 4.79 Å². The fourth-order valence-electron chi connectivity index (χ4n) is 1.58. The zero-order valence-corrected chi connectivity index (χ0v) is 10.1. The van der Waals surface area contributed by atoms with E-state index in [4.69, 9.17) is 9.15 Å². The van der Waals surface area contributed by atoms with E-state index in [1.807, 2.05) is 12.1 Å². The highest BCUT2D eigenvalue weighted by Gasteiger charge is 2.11. The standard InChI is InChI=1S/C13H14N2O3/c1-17-13(16)11-5-2-7-14-12(11)15-8-6-10-4-3-9-18-10/h2-5,7,9H,6,8H2,1H3,(H,14,15). The smallest absolute Gasteiger partial charge is 0.341 e. The van der Waals surface area contributed by atoms with Gasteiger partial charge in [0.25, 0.3) is 0 Å². The molecule has 0 aliphatic carbocycles. The van der Waals surface area contributed by atoms with Gasteiger partial charge in [-0.2, -0.15) is 0 Å². The number of aromatic nitrogens is 1. The molecule has 0 saturated carbocycles. The van der Waals surface area contributed by atoms with Crippen molar-refractivity contribution in [2.75, 3.05) is 19.0 Å². The van der Waals surface area contributed by atoms with E-state index in [2.05, 4.69) is 10.3 Å². The lowest BCUT2D eigenvalue weighted by Gasteiger charge is -2.08. The first-order valence-corrected chi connectivity index (χ1v) is 5.61. The van der Waals surface area contributed by atoms with E-state index in [-0.39, 0.29) is 0 Å². The minimum atomic E-state index is -0.399. The van der Waals surface area contributed by atoms with Gasteiger partial charge in [-0.3, -0.25) is 0 Å². The van der Waals surface area contributed by atoms with Gasteiger partial charge in [-0.1, -0.05) is 0 Å². The van der Waals surface area contributed by atoms with Gasteiger partial charge < -0.3 is 14.5 Å². The van der Waals surface area contributed by atoms with Gasteiger partial charge in [0.1, 0.15) is 17.1 Å². The van der Waals surface area contributed by atoms with Crippen molar-refractivity contribution in [1.82, 2.24) is 4.98 Å². The minimum absolute atomic E-state index is 0.399. The van der Waals surface area contributed by atoms with Crippen LogP contribution in [0, 0.1) is 0 Å². The van der Waals surface area contributed by atoms with Crippen LogP contribution in [0.3, 0.4) is 0 Å². The number of hydrogen-bond donors (Lipinski definition) is 1. The molecule has 0 aliphatic heterocycles. The van der Waals surface area contributed by atoms with Crippen LogP contribution in [0.15, 0.2) is 41.1 Å². The Bertz CT molecular complexity index is 509. The summed E-state index contributed by atoms with van der Waals surface area (Å²) in [5.74, 6) is 1.01. The third kappa shape index (κ3) is 2.88. The molecular formula is C13H14N2O3. The number of carbonyl (C=O) groups is 1. The molecule has 0 fully saturated rings. The summed E-state index contributed by atoms with van der Waals surface area (Å²) in [6.45, 7) is 0.633. The zero-order chi connectivity index (χ0) is 12.8. The summed E-state index contributed by atoms with van der Waals surface area (Å²) in [5.41, 5.74) is 0.430. The number of anilines is 1. The molecule has 0 unspecified atom stereocenters. The number of methoxy groups -OCH3 is 1. The van der Waals surface area contributed by atoms with E-state index in [1.54, 1.807) is 24.6 Å². The third-order valence-corrected chi connectivity index (χ3v) is 2.46. The van der Waals surface area contributed by atoms with Crippen molar-refractivity contribution in [2.45, 2.75) is 6.42 Å². The molecule has 0 spiro atoms. The van der Waals surface area contributed by atoms with E-state index in [1.165, 1.54) is 7.11 Å². The van der Waals surface area contributed by atoms with Crippen LogP contribution in [-0.4, -0.2) is 24.6 Å². The monoisotopic (exact) mass is 246 g/mol. The van der Waals surface area contributed by atoms with Crippen LogP contribution < -0.4 is 5.32 Å². The molecule has 2 aromatic heterocycles. The maximum Gasteiger partial charge on any atom is 0.341 e. The molecule has 2 aromatic rings. The predicted octanol–water partition coefficient (Wildman–Crippen LogP) is 2.12. The lowest BCUT2D eigenvalue weighted by molar-refractivity contribution is 0.0601. The summed E-state index contributed by atoms with van der Waals surface area (Å²) in [4.78, 5) is 15.6. The van der Waals surface area contributed by atoms with E-state index < -0.39 is 5.97 Å². The average Bonchev–Trinajstić information content (AvgIpc) is 2.92. The number of rotatable bonds is 5. The second-order valence-electron chi connectivity index (χ2n) is 3.65. The molecule has 0 radical (unpaired) electrons. The fraction of sp³-hybridized carbons (Fsp3) is 0.231. The van der Waals surface area contributed by atoms with E-state index >= 15 is 0 Å². The lowest BCUT2D eigenvalue weighted by atomic mass is 10.2. The number of nitrogens with zero attached hydrogens (tertiary/aromatic N) is 1. The molecule has 0 amide bonds. The Morgan fingerprint density at radius 1 is 1.44 bits per heavy atom. The molecule has 0 atom stereocenters. The van der Waals surface area contributed by atoms with Crippen molar-refractivity contribution >= 4 is 11.8 Å². The molecule has 94 valence electrons. The summed E-state index contributed by atoms with van der Waals surface area (Å²) < 4.78 is 9.91. The summed E-state index contributed by atoms with van der Waals surface area (Å²) >= 11 is 0. The van der Waals surface area contributed by atoms with Crippen molar-refractivity contribution in [1.29, 1.82) is 0 Å². The first kappa shape index (κ1) is 12.2. The van der Waals surface area contributed by atoms with Crippen LogP contribution in [-0.2, 0) is 11.2 Å². The molecule has 2 rings (SSSR count). The summed E-state index contributed by atoms with van der Waals surface area (Å²) in [5, 5.41) is 3.09. The van der Waals surface area contributed by atoms with E-state index in [0.717, 1.165) is 12.2 Å². The Kier molecular flexibility index (Phi) is 3.96. The summed E-state index contributed by atoms with van der Waals surface area (Å²) in [6, 6.07) is 7.12. The van der Waals surface area contributed by atoms with Crippen LogP contribution in [0.1, 0.15) is 16.1 Å². The molecule has 18 heavy (non-hydrogen) atoms. The second kappa shape index (κ2) is 5.86. The topological polar surface area (TPSA) is 64.4 Å². The fourth-order valence-corrected chi connectivity index (χ4v) is 1.58. The van der Waals surface area contributed by atoms with Gasteiger partial charge in [0.05, 0.1) is 13.4 Å². The maximum absolute atomic E-state index is 11.5. The van der Waals surface area contributed by atoms with Gasteiger partial charge in [-0.15, -0.1) is 0 Å². The Morgan fingerprint density at radius 3 is 3.06 bits per heavy atom. The summed E-state index contributed by atoms with van der Waals surface area (Å²) in [6.07, 6.45) is 3.99. The highest BCUT2D eigenvalue weighted by Crippen LogP contribution is 2.12. The van der Waals surface area contributed by atoms with Gasteiger partial charge in [0, 0.05) is 19.2 Å². The second-order valence-corrected chi connectivity index (χ2v) is 3.65. The minimum Gasteiger partial charge on any atom is -0.469 e. The average molecular weight is 246 g/mol. The van der Waals surface area contributed by atoms with Crippen molar-refractivity contribution in [3.8, 4) is 0 Å².